The van der Waals surface area contributed by atoms with Crippen LogP contribution in [0.25, 0.3) is 0 Å². The fourth-order valence-electron chi connectivity index (χ4n) is 2.27. The quantitative estimate of drug-likeness (QED) is 0.551. The lowest BCUT2D eigenvalue weighted by Gasteiger charge is -2.35. The molecule has 1 heterocycles. The van der Waals surface area contributed by atoms with Gasteiger partial charge in [-0.25, -0.2) is 0 Å². The third-order valence-corrected chi connectivity index (χ3v) is 3.80. The highest BCUT2D eigenvalue weighted by Gasteiger charge is 2.19. The first-order valence-electron chi connectivity index (χ1n) is 6.23. The molecule has 3 heteroatoms. The summed E-state index contributed by atoms with van der Waals surface area (Å²) in [6.07, 6.45) is 6.63. The van der Waals surface area contributed by atoms with Gasteiger partial charge in [-0.05, 0) is 65.2 Å². The van der Waals surface area contributed by atoms with E-state index in [0.29, 0.717) is 0 Å². The maximum atomic E-state index is 4.24. The van der Waals surface area contributed by atoms with Gasteiger partial charge in [0, 0.05) is 6.04 Å². The summed E-state index contributed by atoms with van der Waals surface area (Å²) in [7, 11) is 4.51. The summed E-state index contributed by atoms with van der Waals surface area (Å²) < 4.78 is 0. The van der Waals surface area contributed by atoms with Gasteiger partial charge in [-0.1, -0.05) is 6.42 Å². The Kier molecular flexibility index (Phi) is 6.69. The first-order chi connectivity index (χ1) is 7.24. The number of hydrogen-bond donors (Lipinski definition) is 1. The molecule has 0 radical (unpaired) electrons. The largest absolute Gasteiger partial charge is 0.306 e. The van der Waals surface area contributed by atoms with Crippen LogP contribution in [0.4, 0.5) is 0 Å². The predicted molar refractivity (Wildman–Crippen MR) is 70.9 cm³/mol. The monoisotopic (exact) mass is 230 g/mol. The topological polar surface area (TPSA) is 6.48 Å². The second-order valence-electron chi connectivity index (χ2n) is 4.80. The fraction of sp³-hybridized carbons (Fsp3) is 1.00. The Morgan fingerprint density at radius 2 is 1.87 bits per heavy atom. The molecule has 90 valence electrons. The van der Waals surface area contributed by atoms with Gasteiger partial charge in [0.2, 0.25) is 0 Å². The first kappa shape index (κ1) is 13.3. The van der Waals surface area contributed by atoms with Crippen molar-refractivity contribution in [1.82, 2.24) is 9.80 Å². The third-order valence-electron chi connectivity index (χ3n) is 3.48. The summed E-state index contributed by atoms with van der Waals surface area (Å²) >= 11 is 4.24. The summed E-state index contributed by atoms with van der Waals surface area (Å²) in [4.78, 5) is 5.00. The highest BCUT2D eigenvalue weighted by atomic mass is 32.1. The predicted octanol–water partition coefficient (Wildman–Crippen LogP) is 2.11. The lowest BCUT2D eigenvalue weighted by Crippen LogP contribution is -2.42. The van der Waals surface area contributed by atoms with E-state index in [0.717, 1.165) is 11.8 Å². The van der Waals surface area contributed by atoms with E-state index < -0.39 is 0 Å². The lowest BCUT2D eigenvalue weighted by atomic mass is 10.0. The molecule has 0 amide bonds. The summed E-state index contributed by atoms with van der Waals surface area (Å²) in [5.41, 5.74) is 0. The molecule has 15 heavy (non-hydrogen) atoms. The number of thiol groups is 1. The molecule has 0 unspecified atom stereocenters. The van der Waals surface area contributed by atoms with E-state index in [1.807, 2.05) is 0 Å². The Hall–Kier alpha value is 0.270. The van der Waals surface area contributed by atoms with E-state index in [-0.39, 0.29) is 0 Å². The minimum Gasteiger partial charge on any atom is -0.306 e. The minimum atomic E-state index is 0.831. The Bertz CT molecular complexity index is 156. The van der Waals surface area contributed by atoms with E-state index in [2.05, 4.69) is 36.5 Å². The molecule has 0 aliphatic carbocycles. The zero-order chi connectivity index (χ0) is 11.1. The van der Waals surface area contributed by atoms with E-state index in [1.54, 1.807) is 0 Å². The second kappa shape index (κ2) is 7.53. The Balaban J connectivity index is 2.08. The summed E-state index contributed by atoms with van der Waals surface area (Å²) in [5.74, 6) is 1.04. The molecule has 0 aromatic rings. The van der Waals surface area contributed by atoms with Gasteiger partial charge in [-0.15, -0.1) is 0 Å². The molecule has 0 spiro atoms. The summed E-state index contributed by atoms with van der Waals surface area (Å²) in [6, 6.07) is 0.831. The molecule has 0 bridgehead atoms. The number of rotatable bonds is 6. The van der Waals surface area contributed by atoms with Gasteiger partial charge < -0.3 is 9.80 Å². The van der Waals surface area contributed by atoms with Crippen molar-refractivity contribution in [2.24, 2.45) is 0 Å². The van der Waals surface area contributed by atoms with Crippen LogP contribution in [0.3, 0.4) is 0 Å². The van der Waals surface area contributed by atoms with Crippen molar-refractivity contribution in [3.8, 4) is 0 Å². The third kappa shape index (κ3) is 5.23. The highest BCUT2D eigenvalue weighted by molar-refractivity contribution is 7.80. The SMILES string of the molecule is CN1CCC(N(C)CCCCCS)CC1. The number of nitrogens with zero attached hydrogens (tertiary/aromatic N) is 2. The van der Waals surface area contributed by atoms with Gasteiger partial charge in [-0.3, -0.25) is 0 Å². The summed E-state index contributed by atoms with van der Waals surface area (Å²) in [5, 5.41) is 0. The van der Waals surface area contributed by atoms with E-state index in [4.69, 9.17) is 0 Å². The van der Waals surface area contributed by atoms with E-state index in [1.165, 1.54) is 51.7 Å². The van der Waals surface area contributed by atoms with Crippen molar-refractivity contribution >= 4 is 12.6 Å². The maximum absolute atomic E-state index is 4.24. The van der Waals surface area contributed by atoms with Gasteiger partial charge in [0.05, 0.1) is 0 Å². The highest BCUT2D eigenvalue weighted by Crippen LogP contribution is 2.14. The van der Waals surface area contributed by atoms with Gasteiger partial charge in [0.1, 0.15) is 0 Å². The van der Waals surface area contributed by atoms with Crippen LogP contribution in [0.1, 0.15) is 32.1 Å². The normalized spacial score (nSPS) is 20.0. The van der Waals surface area contributed by atoms with E-state index >= 15 is 0 Å². The van der Waals surface area contributed by atoms with Crippen LogP contribution < -0.4 is 0 Å². The molecule has 1 fully saturated rings. The molecule has 0 saturated carbocycles. The number of unbranched alkanes of at least 4 members (excludes halogenated alkanes) is 2. The molecule has 1 rings (SSSR count). The molecule has 1 saturated heterocycles. The van der Waals surface area contributed by atoms with Gasteiger partial charge in [0.25, 0.3) is 0 Å². The Morgan fingerprint density at radius 1 is 1.20 bits per heavy atom. The molecular formula is C12H26N2S. The standard InChI is InChI=1S/C12H26N2S/c1-13-9-6-12(7-10-13)14(2)8-4-3-5-11-15/h12,15H,3-11H2,1-2H3. The molecular weight excluding hydrogens is 204 g/mol. The Morgan fingerprint density at radius 3 is 2.47 bits per heavy atom. The van der Waals surface area contributed by atoms with Crippen LogP contribution >= 0.6 is 12.6 Å². The average molecular weight is 230 g/mol. The Labute approximate surface area is 100 Å². The zero-order valence-corrected chi connectivity index (χ0v) is 11.2. The molecule has 0 N–H and O–H groups in total. The molecule has 1 aliphatic rings. The van der Waals surface area contributed by atoms with Crippen LogP contribution in [0.2, 0.25) is 0 Å². The van der Waals surface area contributed by atoms with Crippen molar-refractivity contribution < 1.29 is 0 Å². The number of hydrogen-bond acceptors (Lipinski definition) is 3. The zero-order valence-electron chi connectivity index (χ0n) is 10.3. The second-order valence-corrected chi connectivity index (χ2v) is 5.25. The van der Waals surface area contributed by atoms with Crippen LogP contribution in [0, 0.1) is 0 Å². The van der Waals surface area contributed by atoms with Crippen molar-refractivity contribution in [2.45, 2.75) is 38.1 Å². The van der Waals surface area contributed by atoms with Crippen molar-refractivity contribution in [1.29, 1.82) is 0 Å². The molecule has 2 nitrogen and oxygen atoms in total. The summed E-state index contributed by atoms with van der Waals surface area (Å²) in [6.45, 7) is 3.81. The molecule has 0 atom stereocenters. The maximum Gasteiger partial charge on any atom is 0.0117 e. The van der Waals surface area contributed by atoms with E-state index in [9.17, 15) is 0 Å². The number of likely N-dealkylation sites (tertiary alicyclic amines) is 1. The van der Waals surface area contributed by atoms with Gasteiger partial charge in [-0.2, -0.15) is 12.6 Å². The van der Waals surface area contributed by atoms with Crippen LogP contribution in [0.5, 0.6) is 0 Å². The average Bonchev–Trinajstić information content (AvgIpc) is 2.25. The van der Waals surface area contributed by atoms with Gasteiger partial charge >= 0.3 is 0 Å². The fourth-order valence-corrected chi connectivity index (χ4v) is 2.49. The smallest absolute Gasteiger partial charge is 0.0117 e. The molecule has 1 aliphatic heterocycles. The van der Waals surface area contributed by atoms with Crippen molar-refractivity contribution in [3.63, 3.8) is 0 Å². The van der Waals surface area contributed by atoms with Crippen LogP contribution in [-0.4, -0.2) is 55.3 Å². The van der Waals surface area contributed by atoms with Crippen molar-refractivity contribution in [2.75, 3.05) is 39.5 Å². The van der Waals surface area contributed by atoms with Crippen LogP contribution in [0.15, 0.2) is 0 Å². The lowest BCUT2D eigenvalue weighted by molar-refractivity contribution is 0.143. The van der Waals surface area contributed by atoms with Gasteiger partial charge in [0.15, 0.2) is 0 Å². The molecule has 0 aromatic carbocycles. The first-order valence-corrected chi connectivity index (χ1v) is 6.87. The molecule has 0 aromatic heterocycles. The minimum absolute atomic E-state index is 0.831. The van der Waals surface area contributed by atoms with Crippen LogP contribution in [-0.2, 0) is 0 Å². The van der Waals surface area contributed by atoms with Crippen molar-refractivity contribution in [3.05, 3.63) is 0 Å². The number of piperidine rings is 1.